The number of carbonyl (C=O) groups excluding carboxylic acids is 1. The van der Waals surface area contributed by atoms with E-state index < -0.39 is 18.1 Å². The maximum absolute atomic E-state index is 12.2. The molecule has 0 fully saturated rings. The number of hydrogen-bond acceptors (Lipinski definition) is 3. The number of alkyl carbamates (subject to hydrolysis) is 1. The minimum Gasteiger partial charge on any atom is -0.480 e. The summed E-state index contributed by atoms with van der Waals surface area (Å²) in [5.41, 5.74) is 4.56. The van der Waals surface area contributed by atoms with Crippen LogP contribution in [0.15, 0.2) is 48.5 Å². The quantitative estimate of drug-likeness (QED) is 0.760. The van der Waals surface area contributed by atoms with E-state index in [2.05, 4.69) is 17.4 Å². The van der Waals surface area contributed by atoms with Crippen LogP contribution in [0.2, 0.25) is 0 Å². The summed E-state index contributed by atoms with van der Waals surface area (Å²) in [5, 5.41) is 11.8. The number of carboxylic acid groups (broad SMARTS) is 1. The van der Waals surface area contributed by atoms with Gasteiger partial charge in [-0.25, -0.2) is 9.59 Å². The van der Waals surface area contributed by atoms with E-state index in [-0.39, 0.29) is 18.4 Å². The van der Waals surface area contributed by atoms with Crippen LogP contribution in [0.5, 0.6) is 0 Å². The fourth-order valence-electron chi connectivity index (χ4n) is 3.57. The van der Waals surface area contributed by atoms with Crippen LogP contribution in [0.25, 0.3) is 11.1 Å². The SMILES string of the molecule is CC[C@H](C)C[C@H](NC(=O)OCC1c2ccccc2-c2ccccc21)C(=O)O. The number of amides is 1. The zero-order valence-electron chi connectivity index (χ0n) is 15.6. The van der Waals surface area contributed by atoms with Gasteiger partial charge in [-0.05, 0) is 34.6 Å². The first kappa shape index (κ1) is 19.0. The van der Waals surface area contributed by atoms with Crippen molar-refractivity contribution in [1.82, 2.24) is 5.32 Å². The van der Waals surface area contributed by atoms with Gasteiger partial charge in [-0.2, -0.15) is 0 Å². The highest BCUT2D eigenvalue weighted by atomic mass is 16.5. The summed E-state index contributed by atoms with van der Waals surface area (Å²) in [5.74, 6) is -0.871. The van der Waals surface area contributed by atoms with Gasteiger partial charge >= 0.3 is 12.1 Å². The second kappa shape index (κ2) is 8.25. The lowest BCUT2D eigenvalue weighted by atomic mass is 9.98. The fraction of sp³-hybridized carbons (Fsp3) is 0.364. The number of aliphatic carboxylic acids is 1. The average molecular weight is 367 g/mol. The maximum atomic E-state index is 12.2. The topological polar surface area (TPSA) is 75.6 Å². The highest BCUT2D eigenvalue weighted by molar-refractivity contribution is 5.81. The van der Waals surface area contributed by atoms with Crippen molar-refractivity contribution < 1.29 is 19.4 Å². The van der Waals surface area contributed by atoms with E-state index in [4.69, 9.17) is 4.74 Å². The lowest BCUT2D eigenvalue weighted by molar-refractivity contribution is -0.139. The summed E-state index contributed by atoms with van der Waals surface area (Å²) in [6.07, 6.45) is 0.555. The predicted molar refractivity (Wildman–Crippen MR) is 104 cm³/mol. The van der Waals surface area contributed by atoms with Crippen molar-refractivity contribution in [1.29, 1.82) is 0 Å². The normalized spacial score (nSPS) is 14.7. The third-order valence-corrected chi connectivity index (χ3v) is 5.27. The summed E-state index contributed by atoms with van der Waals surface area (Å²) < 4.78 is 5.42. The van der Waals surface area contributed by atoms with Gasteiger partial charge in [0.15, 0.2) is 0 Å². The summed E-state index contributed by atoms with van der Waals surface area (Å²) in [6, 6.07) is 15.2. The first-order chi connectivity index (χ1) is 13.0. The molecule has 142 valence electrons. The van der Waals surface area contributed by atoms with Crippen LogP contribution in [0.3, 0.4) is 0 Å². The van der Waals surface area contributed by atoms with Gasteiger partial charge in [-0.1, -0.05) is 68.8 Å². The molecule has 0 aromatic heterocycles. The zero-order chi connectivity index (χ0) is 19.4. The van der Waals surface area contributed by atoms with Crippen molar-refractivity contribution in [2.75, 3.05) is 6.61 Å². The lowest BCUT2D eigenvalue weighted by Crippen LogP contribution is -2.42. The van der Waals surface area contributed by atoms with Crippen LogP contribution in [0.1, 0.15) is 43.7 Å². The molecule has 1 aliphatic carbocycles. The second-order valence-electron chi connectivity index (χ2n) is 7.11. The Kier molecular flexibility index (Phi) is 5.79. The standard InChI is InChI=1S/C22H25NO4/c1-3-14(2)12-20(21(24)25)23-22(26)27-13-19-17-10-6-4-8-15(17)16-9-5-7-11-18(16)19/h4-11,14,19-20H,3,12-13H2,1-2H3,(H,23,26)(H,24,25)/t14-,20-/m0/s1. The molecule has 1 aliphatic rings. The van der Waals surface area contributed by atoms with Gasteiger partial charge in [0.2, 0.25) is 0 Å². The van der Waals surface area contributed by atoms with Crippen molar-refractivity contribution >= 4 is 12.1 Å². The molecule has 2 aromatic carbocycles. The van der Waals surface area contributed by atoms with Gasteiger partial charge < -0.3 is 15.2 Å². The van der Waals surface area contributed by atoms with Gasteiger partial charge in [0.1, 0.15) is 12.6 Å². The van der Waals surface area contributed by atoms with Crippen LogP contribution in [0.4, 0.5) is 4.79 Å². The predicted octanol–water partition coefficient (Wildman–Crippen LogP) is 4.41. The molecule has 1 amide bonds. The summed E-state index contributed by atoms with van der Waals surface area (Å²) in [7, 11) is 0. The number of fused-ring (bicyclic) bond motifs is 3. The van der Waals surface area contributed by atoms with Crippen molar-refractivity contribution in [3.63, 3.8) is 0 Å². The van der Waals surface area contributed by atoms with Gasteiger partial charge in [0, 0.05) is 5.92 Å². The fourth-order valence-corrected chi connectivity index (χ4v) is 3.57. The van der Waals surface area contributed by atoms with Crippen LogP contribution in [-0.2, 0) is 9.53 Å². The maximum Gasteiger partial charge on any atom is 0.407 e. The minimum absolute atomic E-state index is 0.0407. The first-order valence-electron chi connectivity index (χ1n) is 9.35. The van der Waals surface area contributed by atoms with Crippen LogP contribution >= 0.6 is 0 Å². The van der Waals surface area contributed by atoms with Crippen molar-refractivity contribution in [2.24, 2.45) is 5.92 Å². The lowest BCUT2D eigenvalue weighted by Gasteiger charge is -2.19. The molecule has 2 N–H and O–H groups in total. The Bertz CT molecular complexity index is 787. The molecule has 0 aliphatic heterocycles. The van der Waals surface area contributed by atoms with E-state index in [1.165, 1.54) is 0 Å². The van der Waals surface area contributed by atoms with Gasteiger partial charge in [0.25, 0.3) is 0 Å². The molecule has 0 saturated heterocycles. The van der Waals surface area contributed by atoms with E-state index in [0.29, 0.717) is 6.42 Å². The molecule has 0 saturated carbocycles. The van der Waals surface area contributed by atoms with E-state index in [1.807, 2.05) is 50.2 Å². The van der Waals surface area contributed by atoms with Gasteiger partial charge in [-0.15, -0.1) is 0 Å². The number of carbonyl (C=O) groups is 2. The molecule has 0 radical (unpaired) electrons. The molecule has 5 nitrogen and oxygen atoms in total. The minimum atomic E-state index is -1.04. The third-order valence-electron chi connectivity index (χ3n) is 5.27. The molecular weight excluding hydrogens is 342 g/mol. The van der Waals surface area contributed by atoms with Crippen molar-refractivity contribution in [3.8, 4) is 11.1 Å². The molecule has 27 heavy (non-hydrogen) atoms. The molecule has 5 heteroatoms. The molecule has 2 atom stereocenters. The monoisotopic (exact) mass is 367 g/mol. The number of hydrogen-bond donors (Lipinski definition) is 2. The Morgan fingerprint density at radius 1 is 1.07 bits per heavy atom. The van der Waals surface area contributed by atoms with E-state index >= 15 is 0 Å². The highest BCUT2D eigenvalue weighted by Crippen LogP contribution is 2.44. The Labute approximate surface area is 159 Å². The molecule has 0 unspecified atom stereocenters. The molecule has 0 bridgehead atoms. The van der Waals surface area contributed by atoms with E-state index in [0.717, 1.165) is 28.7 Å². The van der Waals surface area contributed by atoms with Gasteiger partial charge in [-0.3, -0.25) is 0 Å². The number of carboxylic acids is 1. The Morgan fingerprint density at radius 2 is 1.63 bits per heavy atom. The summed E-state index contributed by atoms with van der Waals surface area (Å²) >= 11 is 0. The third kappa shape index (κ3) is 4.13. The van der Waals surface area contributed by atoms with Crippen LogP contribution < -0.4 is 5.32 Å². The Morgan fingerprint density at radius 3 is 2.15 bits per heavy atom. The molecular formula is C22H25NO4. The molecule has 2 aromatic rings. The molecule has 0 spiro atoms. The Balaban J connectivity index is 1.68. The zero-order valence-corrected chi connectivity index (χ0v) is 15.6. The second-order valence-corrected chi connectivity index (χ2v) is 7.11. The average Bonchev–Trinajstić information content (AvgIpc) is 2.99. The highest BCUT2D eigenvalue weighted by Gasteiger charge is 2.29. The summed E-state index contributed by atoms with van der Waals surface area (Å²) in [6.45, 7) is 4.14. The van der Waals surface area contributed by atoms with Crippen LogP contribution in [0, 0.1) is 5.92 Å². The number of benzene rings is 2. The smallest absolute Gasteiger partial charge is 0.407 e. The van der Waals surface area contributed by atoms with E-state index in [9.17, 15) is 14.7 Å². The Hall–Kier alpha value is -2.82. The largest absolute Gasteiger partial charge is 0.480 e. The van der Waals surface area contributed by atoms with Crippen LogP contribution in [-0.4, -0.2) is 29.8 Å². The number of nitrogens with one attached hydrogen (secondary N) is 1. The number of rotatable bonds is 7. The first-order valence-corrected chi connectivity index (χ1v) is 9.35. The molecule has 3 rings (SSSR count). The number of ether oxygens (including phenoxy) is 1. The molecule has 0 heterocycles. The van der Waals surface area contributed by atoms with E-state index in [1.54, 1.807) is 0 Å². The van der Waals surface area contributed by atoms with Crippen molar-refractivity contribution in [2.45, 2.75) is 38.6 Å². The summed E-state index contributed by atoms with van der Waals surface area (Å²) in [4.78, 5) is 23.6. The van der Waals surface area contributed by atoms with Gasteiger partial charge in [0.05, 0.1) is 0 Å². The van der Waals surface area contributed by atoms with Crippen molar-refractivity contribution in [3.05, 3.63) is 59.7 Å².